The largest absolute Gasteiger partial charge is 0.484 e. The Morgan fingerprint density at radius 2 is 1.70 bits per heavy atom. The Balaban J connectivity index is 1.31. The summed E-state index contributed by atoms with van der Waals surface area (Å²) in [5.74, 6) is 0.533. The minimum atomic E-state index is -0.260. The van der Waals surface area contributed by atoms with Gasteiger partial charge in [-0.2, -0.15) is 0 Å². The number of H-pyrrole nitrogens is 2. The number of amides is 1. The summed E-state index contributed by atoms with van der Waals surface area (Å²) in [5.41, 5.74) is 3.55. The molecule has 1 aromatic heterocycles. The van der Waals surface area contributed by atoms with Crippen molar-refractivity contribution in [2.45, 2.75) is 6.92 Å². The molecule has 140 valence electrons. The van der Waals surface area contributed by atoms with Crippen LogP contribution in [0.15, 0.2) is 47.3 Å². The highest BCUT2D eigenvalue weighted by Gasteiger charge is 2.21. The number of imidazole rings is 1. The van der Waals surface area contributed by atoms with Crippen molar-refractivity contribution in [3.8, 4) is 5.75 Å². The monoisotopic (exact) mass is 366 g/mol. The number of piperazine rings is 1. The molecule has 4 rings (SSSR count). The molecule has 2 N–H and O–H groups in total. The van der Waals surface area contributed by atoms with Crippen molar-refractivity contribution in [2.24, 2.45) is 0 Å². The second-order valence-corrected chi connectivity index (χ2v) is 6.78. The van der Waals surface area contributed by atoms with Crippen molar-refractivity contribution in [3.63, 3.8) is 0 Å². The number of aromatic nitrogens is 2. The van der Waals surface area contributed by atoms with Gasteiger partial charge in [0.15, 0.2) is 6.61 Å². The molecule has 2 heterocycles. The molecule has 0 unspecified atom stereocenters. The smallest absolute Gasteiger partial charge is 0.323 e. The molecular formula is C20H22N4O3. The fourth-order valence-corrected chi connectivity index (χ4v) is 3.31. The van der Waals surface area contributed by atoms with Crippen LogP contribution in [-0.2, 0) is 4.79 Å². The number of fused-ring (bicyclic) bond motifs is 1. The Bertz CT molecular complexity index is 998. The van der Waals surface area contributed by atoms with E-state index in [2.05, 4.69) is 46.1 Å². The molecule has 0 spiro atoms. The highest BCUT2D eigenvalue weighted by Crippen LogP contribution is 2.18. The zero-order valence-electron chi connectivity index (χ0n) is 15.2. The van der Waals surface area contributed by atoms with E-state index < -0.39 is 0 Å². The molecule has 1 aliphatic rings. The van der Waals surface area contributed by atoms with Crippen molar-refractivity contribution in [2.75, 3.05) is 37.7 Å². The first-order valence-corrected chi connectivity index (χ1v) is 9.03. The van der Waals surface area contributed by atoms with Crippen LogP contribution in [-0.4, -0.2) is 53.6 Å². The summed E-state index contributed by atoms with van der Waals surface area (Å²) in [6, 6.07) is 13.7. The van der Waals surface area contributed by atoms with Crippen molar-refractivity contribution in [1.82, 2.24) is 14.9 Å². The van der Waals surface area contributed by atoms with Gasteiger partial charge in [0, 0.05) is 37.9 Å². The fourth-order valence-electron chi connectivity index (χ4n) is 3.31. The lowest BCUT2D eigenvalue weighted by Gasteiger charge is -2.36. The third-order valence-electron chi connectivity index (χ3n) is 4.88. The van der Waals surface area contributed by atoms with Crippen LogP contribution in [0.4, 0.5) is 5.69 Å². The molecule has 0 radical (unpaired) electrons. The van der Waals surface area contributed by atoms with Crippen LogP contribution < -0.4 is 15.3 Å². The van der Waals surface area contributed by atoms with E-state index in [9.17, 15) is 9.59 Å². The second kappa shape index (κ2) is 7.19. The van der Waals surface area contributed by atoms with Gasteiger partial charge in [0.25, 0.3) is 5.91 Å². The minimum absolute atomic E-state index is 0.00923. The van der Waals surface area contributed by atoms with Gasteiger partial charge in [0.2, 0.25) is 0 Å². The standard InChI is InChI=1S/C20H22N4O3/c1-14-2-4-15(5-3-14)23-8-10-24(11-9-23)19(25)13-27-16-6-7-17-18(12-16)22-20(26)21-17/h2-7,12H,8-11,13H2,1H3,(H2,21,22,26). The number of ether oxygens (including phenoxy) is 1. The third kappa shape index (κ3) is 3.81. The van der Waals surface area contributed by atoms with Crippen LogP contribution in [0, 0.1) is 6.92 Å². The average Bonchev–Trinajstić information content (AvgIpc) is 3.06. The highest BCUT2D eigenvalue weighted by atomic mass is 16.5. The minimum Gasteiger partial charge on any atom is -0.484 e. The van der Waals surface area contributed by atoms with Crippen LogP contribution in [0.25, 0.3) is 11.0 Å². The predicted molar refractivity (Wildman–Crippen MR) is 104 cm³/mol. The van der Waals surface area contributed by atoms with Crippen LogP contribution in [0.5, 0.6) is 5.75 Å². The molecule has 1 amide bonds. The number of nitrogens with one attached hydrogen (secondary N) is 2. The Kier molecular flexibility index (Phi) is 4.58. The lowest BCUT2D eigenvalue weighted by Crippen LogP contribution is -2.50. The number of rotatable bonds is 4. The molecule has 7 heteroatoms. The summed E-state index contributed by atoms with van der Waals surface area (Å²) in [6.45, 7) is 5.05. The first kappa shape index (κ1) is 17.2. The van der Waals surface area contributed by atoms with Gasteiger partial charge in [-0.1, -0.05) is 17.7 Å². The van der Waals surface area contributed by atoms with Gasteiger partial charge >= 0.3 is 5.69 Å². The molecule has 0 bridgehead atoms. The number of anilines is 1. The number of carbonyl (C=O) groups excluding carboxylic acids is 1. The first-order chi connectivity index (χ1) is 13.1. The molecule has 1 saturated heterocycles. The van der Waals surface area contributed by atoms with E-state index in [0.717, 1.165) is 13.1 Å². The number of carbonyl (C=O) groups is 1. The summed E-state index contributed by atoms with van der Waals surface area (Å²) in [5, 5.41) is 0. The Morgan fingerprint density at radius 3 is 2.44 bits per heavy atom. The number of aryl methyl sites for hydroxylation is 1. The van der Waals surface area contributed by atoms with Crippen LogP contribution in [0.2, 0.25) is 0 Å². The molecule has 1 fully saturated rings. The number of hydrogen-bond donors (Lipinski definition) is 2. The molecule has 0 saturated carbocycles. The predicted octanol–water partition coefficient (Wildman–Crippen LogP) is 1.89. The first-order valence-electron chi connectivity index (χ1n) is 9.03. The van der Waals surface area contributed by atoms with E-state index in [1.54, 1.807) is 18.2 Å². The third-order valence-corrected chi connectivity index (χ3v) is 4.88. The van der Waals surface area contributed by atoms with Crippen molar-refractivity contribution >= 4 is 22.6 Å². The van der Waals surface area contributed by atoms with Crippen LogP contribution in [0.1, 0.15) is 5.56 Å². The molecule has 2 aromatic carbocycles. The SMILES string of the molecule is Cc1ccc(N2CCN(C(=O)COc3ccc4[nH]c(=O)[nH]c4c3)CC2)cc1. The summed E-state index contributed by atoms with van der Waals surface area (Å²) in [4.78, 5) is 33.2. The Labute approximate surface area is 156 Å². The molecule has 7 nitrogen and oxygen atoms in total. The van der Waals surface area contributed by atoms with Gasteiger partial charge in [0.1, 0.15) is 5.75 Å². The number of aromatic amines is 2. The van der Waals surface area contributed by atoms with Crippen LogP contribution >= 0.6 is 0 Å². The topological polar surface area (TPSA) is 81.4 Å². The zero-order chi connectivity index (χ0) is 18.8. The molecular weight excluding hydrogens is 344 g/mol. The van der Waals surface area contributed by atoms with Gasteiger partial charge < -0.3 is 24.5 Å². The molecule has 27 heavy (non-hydrogen) atoms. The van der Waals surface area contributed by atoms with Crippen molar-refractivity contribution < 1.29 is 9.53 Å². The van der Waals surface area contributed by atoms with Crippen LogP contribution in [0.3, 0.4) is 0 Å². The lowest BCUT2D eigenvalue weighted by molar-refractivity contribution is -0.133. The second-order valence-electron chi connectivity index (χ2n) is 6.78. The average molecular weight is 366 g/mol. The highest BCUT2D eigenvalue weighted by molar-refractivity contribution is 5.79. The molecule has 0 aliphatic carbocycles. The Morgan fingerprint density at radius 1 is 1.00 bits per heavy atom. The fraction of sp³-hybridized carbons (Fsp3) is 0.300. The number of nitrogens with zero attached hydrogens (tertiary/aromatic N) is 2. The number of hydrogen-bond acceptors (Lipinski definition) is 4. The lowest BCUT2D eigenvalue weighted by atomic mass is 10.2. The maximum Gasteiger partial charge on any atom is 0.323 e. The van der Waals surface area contributed by atoms with E-state index in [1.807, 2.05) is 4.90 Å². The van der Waals surface area contributed by atoms with Gasteiger partial charge in [-0.15, -0.1) is 0 Å². The van der Waals surface area contributed by atoms with Crippen molar-refractivity contribution in [1.29, 1.82) is 0 Å². The molecule has 0 atom stereocenters. The van der Waals surface area contributed by atoms with E-state index in [-0.39, 0.29) is 18.2 Å². The van der Waals surface area contributed by atoms with E-state index in [0.29, 0.717) is 29.9 Å². The maximum atomic E-state index is 12.4. The van der Waals surface area contributed by atoms with Gasteiger partial charge in [-0.3, -0.25) is 4.79 Å². The summed E-state index contributed by atoms with van der Waals surface area (Å²) in [7, 11) is 0. The quantitative estimate of drug-likeness (QED) is 0.739. The normalized spacial score (nSPS) is 14.6. The summed E-state index contributed by atoms with van der Waals surface area (Å²) < 4.78 is 5.62. The van der Waals surface area contributed by atoms with Crippen molar-refractivity contribution in [3.05, 3.63) is 58.5 Å². The van der Waals surface area contributed by atoms with E-state index >= 15 is 0 Å². The van der Waals surface area contributed by atoms with Gasteiger partial charge in [-0.25, -0.2) is 4.79 Å². The molecule has 1 aliphatic heterocycles. The number of benzene rings is 2. The van der Waals surface area contributed by atoms with Gasteiger partial charge in [0.05, 0.1) is 11.0 Å². The Hall–Kier alpha value is -3.22. The van der Waals surface area contributed by atoms with E-state index in [4.69, 9.17) is 4.74 Å². The van der Waals surface area contributed by atoms with E-state index in [1.165, 1.54) is 11.3 Å². The zero-order valence-corrected chi connectivity index (χ0v) is 15.2. The summed E-state index contributed by atoms with van der Waals surface area (Å²) >= 11 is 0. The van der Waals surface area contributed by atoms with Gasteiger partial charge in [-0.05, 0) is 31.2 Å². The molecule has 3 aromatic rings. The summed E-state index contributed by atoms with van der Waals surface area (Å²) in [6.07, 6.45) is 0. The maximum absolute atomic E-state index is 12.4.